The van der Waals surface area contributed by atoms with Gasteiger partial charge in [-0.25, -0.2) is 0 Å². The van der Waals surface area contributed by atoms with Gasteiger partial charge in [0.25, 0.3) is 0 Å². The Bertz CT molecular complexity index is 313. The van der Waals surface area contributed by atoms with E-state index in [1.807, 2.05) is 0 Å². The van der Waals surface area contributed by atoms with E-state index >= 15 is 0 Å². The molecule has 0 radical (unpaired) electrons. The Balaban J connectivity index is 2.87. The Morgan fingerprint density at radius 3 is 1.71 bits per heavy atom. The van der Waals surface area contributed by atoms with Gasteiger partial charge in [-0.3, -0.25) is 0 Å². The smallest absolute Gasteiger partial charge is 0.373 e. The lowest BCUT2D eigenvalue weighted by molar-refractivity contribution is -0.0280. The van der Waals surface area contributed by atoms with Crippen LogP contribution in [0.5, 0.6) is 0 Å². The fourth-order valence-corrected chi connectivity index (χ4v) is 6.28. The minimum Gasteiger partial charge on any atom is -0.373 e. The van der Waals surface area contributed by atoms with Crippen molar-refractivity contribution in [3.63, 3.8) is 0 Å². The van der Waals surface area contributed by atoms with Crippen molar-refractivity contribution in [2.24, 2.45) is 23.7 Å². The van der Waals surface area contributed by atoms with Crippen LogP contribution >= 0.6 is 0 Å². The summed E-state index contributed by atoms with van der Waals surface area (Å²) in [4.78, 5) is 0. The van der Waals surface area contributed by atoms with Gasteiger partial charge < -0.3 is 13.3 Å². The SMILES string of the molecule is CC[Si](OCC(C)C)(OCC(C)C)OC(C(C)C)C1CCCCC1. The van der Waals surface area contributed by atoms with Crippen molar-refractivity contribution in [2.45, 2.75) is 92.7 Å². The fraction of sp³-hybridized carbons (Fsp3) is 1.00. The van der Waals surface area contributed by atoms with E-state index in [1.165, 1.54) is 32.1 Å². The Morgan fingerprint density at radius 2 is 1.33 bits per heavy atom. The van der Waals surface area contributed by atoms with E-state index < -0.39 is 8.80 Å². The van der Waals surface area contributed by atoms with Gasteiger partial charge in [0.15, 0.2) is 0 Å². The molecule has 4 heteroatoms. The first-order chi connectivity index (χ1) is 11.3. The Morgan fingerprint density at radius 1 is 0.833 bits per heavy atom. The fourth-order valence-electron chi connectivity index (χ4n) is 3.43. The van der Waals surface area contributed by atoms with Gasteiger partial charge in [-0.1, -0.05) is 67.7 Å². The first-order valence-electron chi connectivity index (χ1n) is 10.2. The summed E-state index contributed by atoms with van der Waals surface area (Å²) in [6, 6.07) is 0.863. The van der Waals surface area contributed by atoms with Crippen molar-refractivity contribution < 1.29 is 13.3 Å². The summed E-state index contributed by atoms with van der Waals surface area (Å²) in [5.74, 6) is 2.18. The molecule has 0 bridgehead atoms. The standard InChI is InChI=1S/C20H42O3Si/c1-8-24(21-14-16(2)3,22-15-17(4)5)23-20(18(6)7)19-12-10-9-11-13-19/h16-20H,8-15H2,1-7H3. The molecule has 1 aliphatic rings. The summed E-state index contributed by atoms with van der Waals surface area (Å²) in [5.41, 5.74) is 0. The third-order valence-electron chi connectivity index (χ3n) is 4.79. The van der Waals surface area contributed by atoms with Gasteiger partial charge in [-0.15, -0.1) is 0 Å². The largest absolute Gasteiger partial charge is 0.500 e. The Hall–Kier alpha value is 0.0969. The van der Waals surface area contributed by atoms with E-state index in [0.29, 0.717) is 23.7 Å². The molecule has 1 saturated carbocycles. The normalized spacial score (nSPS) is 18.8. The maximum absolute atomic E-state index is 6.78. The molecule has 1 atom stereocenters. The second kappa shape index (κ2) is 10.9. The van der Waals surface area contributed by atoms with Crippen LogP contribution in [-0.4, -0.2) is 28.1 Å². The van der Waals surface area contributed by atoms with Crippen LogP contribution in [0.3, 0.4) is 0 Å². The summed E-state index contributed by atoms with van der Waals surface area (Å²) in [7, 11) is -2.60. The summed E-state index contributed by atoms with van der Waals surface area (Å²) in [6.45, 7) is 17.0. The second-order valence-corrected chi connectivity index (χ2v) is 11.6. The van der Waals surface area contributed by atoms with Gasteiger partial charge in [-0.05, 0) is 36.5 Å². The number of hydrogen-bond acceptors (Lipinski definition) is 3. The van der Waals surface area contributed by atoms with Crippen LogP contribution in [0.15, 0.2) is 0 Å². The molecule has 0 aromatic carbocycles. The Kier molecular flexibility index (Phi) is 10.1. The van der Waals surface area contributed by atoms with E-state index in [1.54, 1.807) is 0 Å². The predicted octanol–water partition coefficient (Wildman–Crippen LogP) is 5.91. The van der Waals surface area contributed by atoms with Gasteiger partial charge in [0, 0.05) is 19.3 Å². The highest BCUT2D eigenvalue weighted by Gasteiger charge is 2.44. The van der Waals surface area contributed by atoms with Crippen LogP contribution in [0.4, 0.5) is 0 Å². The molecular weight excluding hydrogens is 316 g/mol. The van der Waals surface area contributed by atoms with E-state index in [4.69, 9.17) is 13.3 Å². The quantitative estimate of drug-likeness (QED) is 0.430. The van der Waals surface area contributed by atoms with Crippen LogP contribution in [0, 0.1) is 23.7 Å². The molecule has 0 heterocycles. The summed E-state index contributed by atoms with van der Waals surface area (Å²) in [6.07, 6.45) is 6.94. The van der Waals surface area contributed by atoms with Gasteiger partial charge >= 0.3 is 8.80 Å². The van der Waals surface area contributed by atoms with Crippen molar-refractivity contribution in [3.05, 3.63) is 0 Å². The average Bonchev–Trinajstić information content (AvgIpc) is 2.55. The third kappa shape index (κ3) is 7.55. The number of rotatable bonds is 11. The molecule has 0 N–H and O–H groups in total. The van der Waals surface area contributed by atoms with E-state index in [2.05, 4.69) is 48.5 Å². The maximum atomic E-state index is 6.78. The number of hydrogen-bond donors (Lipinski definition) is 0. The van der Waals surface area contributed by atoms with Gasteiger partial charge in [0.05, 0.1) is 6.10 Å². The van der Waals surface area contributed by atoms with Crippen LogP contribution in [0.1, 0.15) is 80.6 Å². The van der Waals surface area contributed by atoms with Crippen molar-refractivity contribution in [1.29, 1.82) is 0 Å². The van der Waals surface area contributed by atoms with Crippen LogP contribution < -0.4 is 0 Å². The minimum absolute atomic E-state index is 0.274. The van der Waals surface area contributed by atoms with E-state index in [-0.39, 0.29) is 6.10 Å². The first-order valence-corrected chi connectivity index (χ1v) is 12.2. The molecule has 0 amide bonds. The highest BCUT2D eigenvalue weighted by Crippen LogP contribution is 2.34. The highest BCUT2D eigenvalue weighted by molar-refractivity contribution is 6.60. The molecule has 0 aliphatic heterocycles. The summed E-state index contributed by atoms with van der Waals surface area (Å²) < 4.78 is 19.5. The zero-order valence-electron chi connectivity index (χ0n) is 17.3. The predicted molar refractivity (Wildman–Crippen MR) is 104 cm³/mol. The lowest BCUT2D eigenvalue weighted by Gasteiger charge is -2.40. The topological polar surface area (TPSA) is 27.7 Å². The lowest BCUT2D eigenvalue weighted by atomic mass is 9.81. The van der Waals surface area contributed by atoms with Crippen molar-refractivity contribution in [3.8, 4) is 0 Å². The molecule has 144 valence electrons. The molecular formula is C20H42O3Si. The molecule has 3 nitrogen and oxygen atoms in total. The van der Waals surface area contributed by atoms with Crippen molar-refractivity contribution in [2.75, 3.05) is 13.2 Å². The van der Waals surface area contributed by atoms with E-state index in [0.717, 1.165) is 19.3 Å². The Labute approximate surface area is 152 Å². The summed E-state index contributed by atoms with van der Waals surface area (Å²) >= 11 is 0. The van der Waals surface area contributed by atoms with Crippen molar-refractivity contribution in [1.82, 2.24) is 0 Å². The molecule has 1 fully saturated rings. The highest BCUT2D eigenvalue weighted by atomic mass is 28.4. The third-order valence-corrected chi connectivity index (χ3v) is 7.50. The molecule has 0 spiro atoms. The average molecular weight is 359 g/mol. The maximum Gasteiger partial charge on any atom is 0.500 e. The first kappa shape index (κ1) is 22.1. The van der Waals surface area contributed by atoms with Crippen LogP contribution in [0.25, 0.3) is 0 Å². The molecule has 0 aromatic heterocycles. The molecule has 1 unspecified atom stereocenters. The summed E-state index contributed by atoms with van der Waals surface area (Å²) in [5, 5.41) is 0. The molecule has 0 aromatic rings. The molecule has 0 saturated heterocycles. The van der Waals surface area contributed by atoms with Gasteiger partial charge in [0.2, 0.25) is 0 Å². The molecule has 1 aliphatic carbocycles. The van der Waals surface area contributed by atoms with Crippen molar-refractivity contribution >= 4 is 8.80 Å². The van der Waals surface area contributed by atoms with Gasteiger partial charge in [-0.2, -0.15) is 0 Å². The monoisotopic (exact) mass is 358 g/mol. The van der Waals surface area contributed by atoms with Gasteiger partial charge in [0.1, 0.15) is 0 Å². The minimum atomic E-state index is -2.60. The van der Waals surface area contributed by atoms with Crippen LogP contribution in [0.2, 0.25) is 6.04 Å². The second-order valence-electron chi connectivity index (χ2n) is 8.67. The zero-order valence-corrected chi connectivity index (χ0v) is 18.3. The zero-order chi connectivity index (χ0) is 18.2. The van der Waals surface area contributed by atoms with E-state index in [9.17, 15) is 0 Å². The van der Waals surface area contributed by atoms with Crippen LogP contribution in [-0.2, 0) is 13.3 Å². The molecule has 1 rings (SSSR count). The lowest BCUT2D eigenvalue weighted by Crippen LogP contribution is -2.52. The molecule has 24 heavy (non-hydrogen) atoms.